The van der Waals surface area contributed by atoms with Crippen molar-refractivity contribution in [3.63, 3.8) is 0 Å². The molecule has 0 unspecified atom stereocenters. The van der Waals surface area contributed by atoms with E-state index in [9.17, 15) is 25.5 Å². The zero-order valence-corrected chi connectivity index (χ0v) is 9.68. The molecule has 0 aromatic carbocycles. The first-order valence-corrected chi connectivity index (χ1v) is 5.99. The first-order chi connectivity index (χ1) is 8.10. The second-order valence-corrected chi connectivity index (χ2v) is 4.90. The number of hydrogen-bond donors (Lipinski definition) is 0. The molecule has 2 heterocycles. The second kappa shape index (κ2) is 3.67. The molecule has 0 aliphatic heterocycles. The maximum absolute atomic E-state index is 13.0. The van der Waals surface area contributed by atoms with Gasteiger partial charge in [0.1, 0.15) is 5.65 Å². The molecule has 2 aromatic heterocycles. The summed E-state index contributed by atoms with van der Waals surface area (Å²) in [6.07, 6.45) is -3.97. The van der Waals surface area contributed by atoms with Gasteiger partial charge in [0.15, 0.2) is 5.69 Å². The maximum Gasteiger partial charge on any atom is 0.436 e. The molecule has 2 rings (SSSR count). The number of aromatic nitrogens is 2. The Kier molecular flexibility index (Phi) is 2.61. The lowest BCUT2D eigenvalue weighted by Crippen LogP contribution is -2.11. The SMILES string of the molecule is Cc1ccc2nc(C(F)(F)F)c(S(=O)(=O)F)n2c1. The Morgan fingerprint density at radius 1 is 1.28 bits per heavy atom. The van der Waals surface area contributed by atoms with Gasteiger partial charge in [-0.2, -0.15) is 21.6 Å². The Balaban J connectivity index is 2.96. The zero-order chi connectivity index (χ0) is 13.7. The lowest BCUT2D eigenvalue weighted by molar-refractivity contribution is -0.143. The molecule has 0 fully saturated rings. The summed E-state index contributed by atoms with van der Waals surface area (Å²) in [5.74, 6) is 0. The van der Waals surface area contributed by atoms with Gasteiger partial charge in [0, 0.05) is 6.20 Å². The Bertz CT molecular complexity index is 718. The van der Waals surface area contributed by atoms with Crippen molar-refractivity contribution in [1.29, 1.82) is 0 Å². The molecule has 2 aromatic rings. The molecule has 0 bridgehead atoms. The van der Waals surface area contributed by atoms with E-state index in [1.165, 1.54) is 19.1 Å². The Labute approximate surface area is 99.1 Å². The highest BCUT2D eigenvalue weighted by molar-refractivity contribution is 7.86. The van der Waals surface area contributed by atoms with Gasteiger partial charge < -0.3 is 0 Å². The van der Waals surface area contributed by atoms with Gasteiger partial charge in [0.25, 0.3) is 0 Å². The summed E-state index contributed by atoms with van der Waals surface area (Å²) in [4.78, 5) is 3.11. The van der Waals surface area contributed by atoms with E-state index in [1.807, 2.05) is 0 Å². The summed E-state index contributed by atoms with van der Waals surface area (Å²) >= 11 is 0. The number of halogens is 4. The summed E-state index contributed by atoms with van der Waals surface area (Å²) in [7, 11) is -5.54. The molecule has 4 nitrogen and oxygen atoms in total. The fourth-order valence-electron chi connectivity index (χ4n) is 1.55. The third-order valence-corrected chi connectivity index (χ3v) is 3.07. The van der Waals surface area contributed by atoms with Crippen molar-refractivity contribution in [2.45, 2.75) is 18.1 Å². The molecule has 0 atom stereocenters. The number of rotatable bonds is 1. The molecule has 0 N–H and O–H groups in total. The van der Waals surface area contributed by atoms with Crippen molar-refractivity contribution >= 4 is 15.9 Å². The smallest absolute Gasteiger partial charge is 0.288 e. The summed E-state index contributed by atoms with van der Waals surface area (Å²) < 4.78 is 73.1. The van der Waals surface area contributed by atoms with Crippen LogP contribution in [0.25, 0.3) is 5.65 Å². The predicted molar refractivity (Wildman–Crippen MR) is 53.2 cm³/mol. The topological polar surface area (TPSA) is 51.4 Å². The summed E-state index contributed by atoms with van der Waals surface area (Å²) in [5.41, 5.74) is -1.57. The molecule has 0 spiro atoms. The number of nitrogens with zero attached hydrogens (tertiary/aromatic N) is 2. The lowest BCUT2D eigenvalue weighted by atomic mass is 10.3. The molecule has 0 radical (unpaired) electrons. The third-order valence-electron chi connectivity index (χ3n) is 2.22. The van der Waals surface area contributed by atoms with Crippen LogP contribution in [-0.2, 0) is 16.4 Å². The average Bonchev–Trinajstić information content (AvgIpc) is 2.54. The van der Waals surface area contributed by atoms with Gasteiger partial charge in [-0.05, 0) is 18.6 Å². The van der Waals surface area contributed by atoms with E-state index in [0.29, 0.717) is 9.96 Å². The van der Waals surface area contributed by atoms with Crippen molar-refractivity contribution in [2.24, 2.45) is 0 Å². The second-order valence-electron chi connectivity index (χ2n) is 3.64. The van der Waals surface area contributed by atoms with E-state index in [1.54, 1.807) is 0 Å². The van der Waals surface area contributed by atoms with Crippen LogP contribution >= 0.6 is 0 Å². The Morgan fingerprint density at radius 3 is 2.39 bits per heavy atom. The van der Waals surface area contributed by atoms with E-state index in [4.69, 9.17) is 0 Å². The molecule has 0 aliphatic carbocycles. The number of alkyl halides is 3. The molecular weight excluding hydrogens is 276 g/mol. The molecule has 9 heteroatoms. The lowest BCUT2D eigenvalue weighted by Gasteiger charge is -2.04. The van der Waals surface area contributed by atoms with Crippen molar-refractivity contribution in [1.82, 2.24) is 9.38 Å². The fourth-order valence-corrected chi connectivity index (χ4v) is 2.32. The van der Waals surface area contributed by atoms with Gasteiger partial charge in [-0.3, -0.25) is 4.40 Å². The number of imidazole rings is 1. The molecule has 0 amide bonds. The van der Waals surface area contributed by atoms with Crippen LogP contribution in [0.4, 0.5) is 17.1 Å². The van der Waals surface area contributed by atoms with E-state index in [-0.39, 0.29) is 5.65 Å². The van der Waals surface area contributed by atoms with Crippen molar-refractivity contribution in [3.05, 3.63) is 29.6 Å². The highest BCUT2D eigenvalue weighted by Gasteiger charge is 2.42. The van der Waals surface area contributed by atoms with E-state index >= 15 is 0 Å². The van der Waals surface area contributed by atoms with Gasteiger partial charge in [-0.15, -0.1) is 0 Å². The minimum Gasteiger partial charge on any atom is -0.288 e. The molecule has 98 valence electrons. The largest absolute Gasteiger partial charge is 0.436 e. The van der Waals surface area contributed by atoms with Crippen LogP contribution in [0.5, 0.6) is 0 Å². The minimum absolute atomic E-state index is 0.288. The molecule has 0 saturated carbocycles. The van der Waals surface area contributed by atoms with E-state index in [2.05, 4.69) is 4.98 Å². The predicted octanol–water partition coefficient (Wildman–Crippen LogP) is 2.32. The number of fused-ring (bicyclic) bond motifs is 1. The number of hydrogen-bond acceptors (Lipinski definition) is 3. The van der Waals surface area contributed by atoms with Gasteiger partial charge in [-0.1, -0.05) is 9.95 Å². The van der Waals surface area contributed by atoms with Gasteiger partial charge in [0.2, 0.25) is 5.03 Å². The van der Waals surface area contributed by atoms with Gasteiger partial charge in [-0.25, -0.2) is 4.98 Å². The highest BCUT2D eigenvalue weighted by Crippen LogP contribution is 2.34. The summed E-state index contributed by atoms with van der Waals surface area (Å²) in [6, 6.07) is 2.62. The quantitative estimate of drug-likeness (QED) is 0.596. The van der Waals surface area contributed by atoms with Crippen LogP contribution in [0.2, 0.25) is 0 Å². The van der Waals surface area contributed by atoms with Crippen LogP contribution < -0.4 is 0 Å². The molecule has 18 heavy (non-hydrogen) atoms. The van der Waals surface area contributed by atoms with Crippen LogP contribution in [-0.4, -0.2) is 17.8 Å². The minimum atomic E-state index is -5.54. The molecule has 0 saturated heterocycles. The van der Waals surface area contributed by atoms with Crippen molar-refractivity contribution < 1.29 is 25.5 Å². The molecule has 0 aliphatic rings. The van der Waals surface area contributed by atoms with Gasteiger partial charge in [0.05, 0.1) is 0 Å². The number of pyridine rings is 1. The standard InChI is InChI=1S/C9H6F4N2O2S/c1-5-2-3-6-14-7(9(10,11)12)8(15(6)4-5)18(13,16)17/h2-4H,1H3. The van der Waals surface area contributed by atoms with Crippen molar-refractivity contribution in [3.8, 4) is 0 Å². The summed E-state index contributed by atoms with van der Waals surface area (Å²) in [6.45, 7) is 1.53. The maximum atomic E-state index is 13.0. The van der Waals surface area contributed by atoms with Crippen LogP contribution in [0.3, 0.4) is 0 Å². The van der Waals surface area contributed by atoms with E-state index < -0.39 is 27.1 Å². The first kappa shape index (κ1) is 12.8. The van der Waals surface area contributed by atoms with E-state index in [0.717, 1.165) is 6.20 Å². The fraction of sp³-hybridized carbons (Fsp3) is 0.222. The number of aryl methyl sites for hydroxylation is 1. The van der Waals surface area contributed by atoms with Crippen LogP contribution in [0.15, 0.2) is 23.4 Å². The Hall–Kier alpha value is -1.64. The van der Waals surface area contributed by atoms with Crippen molar-refractivity contribution in [2.75, 3.05) is 0 Å². The summed E-state index contributed by atoms with van der Waals surface area (Å²) in [5, 5.41) is -1.49. The Morgan fingerprint density at radius 2 is 1.89 bits per heavy atom. The normalized spacial score (nSPS) is 13.2. The van der Waals surface area contributed by atoms with Gasteiger partial charge >= 0.3 is 16.4 Å². The van der Waals surface area contributed by atoms with Crippen LogP contribution in [0.1, 0.15) is 11.3 Å². The van der Waals surface area contributed by atoms with Crippen LogP contribution in [0, 0.1) is 6.92 Å². The third kappa shape index (κ3) is 2.05. The highest BCUT2D eigenvalue weighted by atomic mass is 32.3. The average molecular weight is 282 g/mol. The first-order valence-electron chi connectivity index (χ1n) is 4.61. The molecular formula is C9H6F4N2O2S. The zero-order valence-electron chi connectivity index (χ0n) is 8.86. The monoisotopic (exact) mass is 282 g/mol.